The molecule has 6 heteroatoms. The number of hydrogen-bond acceptors (Lipinski definition) is 3. The van der Waals surface area contributed by atoms with Gasteiger partial charge in [0, 0.05) is 25.2 Å². The number of rotatable bonds is 7. The van der Waals surface area contributed by atoms with Gasteiger partial charge < -0.3 is 5.32 Å². The van der Waals surface area contributed by atoms with Gasteiger partial charge in [-0.1, -0.05) is 13.3 Å². The average molecular weight is 275 g/mol. The fourth-order valence-corrected chi connectivity index (χ4v) is 4.15. The monoisotopic (exact) mass is 275 g/mol. The van der Waals surface area contributed by atoms with Crippen LogP contribution in [0.2, 0.25) is 0 Å². The summed E-state index contributed by atoms with van der Waals surface area (Å²) >= 11 is 0. The highest BCUT2D eigenvalue weighted by Crippen LogP contribution is 2.24. The minimum Gasteiger partial charge on any atom is -0.315 e. The van der Waals surface area contributed by atoms with Gasteiger partial charge in [-0.3, -0.25) is 0 Å². The summed E-state index contributed by atoms with van der Waals surface area (Å²) in [6.45, 7) is 4.53. The van der Waals surface area contributed by atoms with Crippen molar-refractivity contribution in [1.82, 2.24) is 14.3 Å². The van der Waals surface area contributed by atoms with Crippen molar-refractivity contribution in [1.29, 1.82) is 0 Å². The van der Waals surface area contributed by atoms with Gasteiger partial charge in [-0.2, -0.15) is 17.4 Å². The molecule has 1 heterocycles. The smallest absolute Gasteiger partial charge is 0.279 e. The minimum atomic E-state index is -3.26. The highest BCUT2D eigenvalue weighted by Gasteiger charge is 2.35. The zero-order valence-corrected chi connectivity index (χ0v) is 12.0. The van der Waals surface area contributed by atoms with E-state index in [9.17, 15) is 8.42 Å². The molecule has 2 N–H and O–H groups in total. The quantitative estimate of drug-likeness (QED) is 0.677. The number of nitrogens with zero attached hydrogens (tertiary/aromatic N) is 1. The first-order valence-electron chi connectivity index (χ1n) is 7.13. The van der Waals surface area contributed by atoms with Crippen molar-refractivity contribution < 1.29 is 8.42 Å². The van der Waals surface area contributed by atoms with Gasteiger partial charge in [0.1, 0.15) is 0 Å². The molecule has 0 bridgehead atoms. The fraction of sp³-hybridized carbons (Fsp3) is 1.00. The van der Waals surface area contributed by atoms with Crippen LogP contribution in [0.15, 0.2) is 0 Å². The van der Waals surface area contributed by atoms with Gasteiger partial charge in [-0.25, -0.2) is 0 Å². The maximum atomic E-state index is 12.3. The molecule has 1 aliphatic carbocycles. The van der Waals surface area contributed by atoms with Crippen molar-refractivity contribution in [3.63, 3.8) is 0 Å². The van der Waals surface area contributed by atoms with Crippen molar-refractivity contribution >= 4 is 10.2 Å². The maximum Gasteiger partial charge on any atom is 0.279 e. The highest BCUT2D eigenvalue weighted by atomic mass is 32.2. The molecule has 1 unspecified atom stereocenters. The molecule has 0 spiro atoms. The summed E-state index contributed by atoms with van der Waals surface area (Å²) in [6, 6.07) is 0.322. The maximum absolute atomic E-state index is 12.3. The summed E-state index contributed by atoms with van der Waals surface area (Å²) in [6.07, 6.45) is 6.16. The van der Waals surface area contributed by atoms with Crippen molar-refractivity contribution in [2.45, 2.75) is 57.5 Å². The second kappa shape index (κ2) is 6.32. The predicted octanol–water partition coefficient (Wildman–Crippen LogP) is 0.837. The van der Waals surface area contributed by atoms with E-state index in [2.05, 4.69) is 17.0 Å². The lowest BCUT2D eigenvalue weighted by molar-refractivity contribution is 0.243. The third-order valence-corrected chi connectivity index (χ3v) is 5.31. The molecule has 0 radical (unpaired) electrons. The van der Waals surface area contributed by atoms with E-state index >= 15 is 0 Å². The van der Waals surface area contributed by atoms with Crippen LogP contribution in [-0.2, 0) is 10.2 Å². The molecule has 1 atom stereocenters. The molecule has 2 fully saturated rings. The third-order valence-electron chi connectivity index (χ3n) is 3.58. The van der Waals surface area contributed by atoms with Crippen molar-refractivity contribution in [2.75, 3.05) is 19.6 Å². The third kappa shape index (κ3) is 3.91. The highest BCUT2D eigenvalue weighted by molar-refractivity contribution is 7.87. The zero-order valence-electron chi connectivity index (χ0n) is 11.2. The van der Waals surface area contributed by atoms with Gasteiger partial charge >= 0.3 is 0 Å². The molecule has 1 saturated heterocycles. The van der Waals surface area contributed by atoms with Gasteiger partial charge in [0.25, 0.3) is 10.2 Å². The van der Waals surface area contributed by atoms with Crippen LogP contribution in [0.3, 0.4) is 0 Å². The Morgan fingerprint density at radius 2 is 2.00 bits per heavy atom. The molecule has 1 saturated carbocycles. The predicted molar refractivity (Wildman–Crippen MR) is 72.6 cm³/mol. The first-order chi connectivity index (χ1) is 8.63. The standard InChI is InChI=1S/C12H25N3O2S/c1-2-8-13-10-12-5-3-4-9-15(12)18(16,17)14-11-6-7-11/h11-14H,2-10H2,1H3. The molecule has 0 amide bonds. The normalized spacial score (nSPS) is 26.4. The van der Waals surface area contributed by atoms with Crippen molar-refractivity contribution in [3.05, 3.63) is 0 Å². The van der Waals surface area contributed by atoms with Gasteiger partial charge in [0.05, 0.1) is 0 Å². The fourth-order valence-electron chi connectivity index (χ4n) is 2.42. The van der Waals surface area contributed by atoms with E-state index in [0.29, 0.717) is 6.54 Å². The summed E-state index contributed by atoms with van der Waals surface area (Å²) in [7, 11) is -3.26. The molecule has 106 valence electrons. The molecule has 2 aliphatic rings. The van der Waals surface area contributed by atoms with Crippen LogP contribution in [0.25, 0.3) is 0 Å². The van der Waals surface area contributed by atoms with Crippen molar-refractivity contribution in [2.24, 2.45) is 0 Å². The van der Waals surface area contributed by atoms with Crippen LogP contribution in [-0.4, -0.2) is 44.4 Å². The number of piperidine rings is 1. The van der Waals surface area contributed by atoms with Gasteiger partial charge in [0.2, 0.25) is 0 Å². The van der Waals surface area contributed by atoms with Gasteiger partial charge in [-0.15, -0.1) is 0 Å². The van der Waals surface area contributed by atoms with Crippen LogP contribution >= 0.6 is 0 Å². The van der Waals surface area contributed by atoms with E-state index in [-0.39, 0.29) is 12.1 Å². The topological polar surface area (TPSA) is 61.4 Å². The Morgan fingerprint density at radius 3 is 2.67 bits per heavy atom. The molecule has 2 rings (SSSR count). The molecule has 5 nitrogen and oxygen atoms in total. The molecule has 0 aromatic rings. The van der Waals surface area contributed by atoms with E-state index in [1.165, 1.54) is 0 Å². The van der Waals surface area contributed by atoms with E-state index in [4.69, 9.17) is 0 Å². The van der Waals surface area contributed by atoms with E-state index < -0.39 is 10.2 Å². The molecular weight excluding hydrogens is 250 g/mol. The average Bonchev–Trinajstić information content (AvgIpc) is 3.13. The van der Waals surface area contributed by atoms with Crippen molar-refractivity contribution in [3.8, 4) is 0 Å². The van der Waals surface area contributed by atoms with Gasteiger partial charge in [-0.05, 0) is 38.6 Å². The Bertz CT molecular complexity index is 354. The molecule has 0 aromatic heterocycles. The number of nitrogens with one attached hydrogen (secondary N) is 2. The van der Waals surface area contributed by atoms with Crippen LogP contribution < -0.4 is 10.0 Å². The van der Waals surface area contributed by atoms with Crippen LogP contribution in [0.1, 0.15) is 45.4 Å². The first-order valence-corrected chi connectivity index (χ1v) is 8.57. The Hall–Kier alpha value is -0.170. The Balaban J connectivity index is 1.93. The molecule has 0 aromatic carbocycles. The van der Waals surface area contributed by atoms with Crippen LogP contribution in [0.4, 0.5) is 0 Å². The zero-order chi connectivity index (χ0) is 13.0. The van der Waals surface area contributed by atoms with E-state index in [1.807, 2.05) is 0 Å². The first kappa shape index (κ1) is 14.2. The van der Waals surface area contributed by atoms with Crippen LogP contribution in [0.5, 0.6) is 0 Å². The number of hydrogen-bond donors (Lipinski definition) is 2. The lowest BCUT2D eigenvalue weighted by atomic mass is 10.1. The summed E-state index contributed by atoms with van der Waals surface area (Å²) in [5.74, 6) is 0. The Morgan fingerprint density at radius 1 is 1.22 bits per heavy atom. The van der Waals surface area contributed by atoms with E-state index in [0.717, 1.165) is 51.6 Å². The lowest BCUT2D eigenvalue weighted by Gasteiger charge is -2.34. The molecule has 18 heavy (non-hydrogen) atoms. The Kier molecular flexibility index (Phi) is 5.00. The summed E-state index contributed by atoms with van der Waals surface area (Å²) < 4.78 is 29.0. The summed E-state index contributed by atoms with van der Waals surface area (Å²) in [5, 5.41) is 3.34. The Labute approximate surface area is 110 Å². The lowest BCUT2D eigenvalue weighted by Crippen LogP contribution is -2.52. The van der Waals surface area contributed by atoms with Gasteiger partial charge in [0.15, 0.2) is 0 Å². The SMILES string of the molecule is CCCNCC1CCCCN1S(=O)(=O)NC1CC1. The summed E-state index contributed by atoms with van der Waals surface area (Å²) in [4.78, 5) is 0. The minimum absolute atomic E-state index is 0.126. The second-order valence-electron chi connectivity index (χ2n) is 5.36. The summed E-state index contributed by atoms with van der Waals surface area (Å²) in [5.41, 5.74) is 0. The molecular formula is C12H25N3O2S. The van der Waals surface area contributed by atoms with E-state index in [1.54, 1.807) is 4.31 Å². The molecule has 1 aliphatic heterocycles. The second-order valence-corrected chi connectivity index (χ2v) is 7.02. The largest absolute Gasteiger partial charge is 0.315 e. The van der Waals surface area contributed by atoms with Crippen LogP contribution in [0, 0.1) is 0 Å².